The predicted molar refractivity (Wildman–Crippen MR) is 157 cm³/mol. The molecule has 3 aromatic rings. The average molecular weight is 498 g/mol. The number of fused-ring (bicyclic) bond motifs is 1. The topological polar surface area (TPSA) is 44.7 Å². The number of hydrogen-bond donors (Lipinski definition) is 1. The molecule has 4 nitrogen and oxygen atoms in total. The van der Waals surface area contributed by atoms with E-state index in [1.165, 1.54) is 22.3 Å². The minimum Gasteiger partial charge on any atom is -0.310 e. The maximum atomic E-state index is 12.9. The lowest BCUT2D eigenvalue weighted by atomic mass is 10.0. The van der Waals surface area contributed by atoms with Gasteiger partial charge in [0.15, 0.2) is 0 Å². The summed E-state index contributed by atoms with van der Waals surface area (Å²) in [6.45, 7) is 9.73. The van der Waals surface area contributed by atoms with Crippen LogP contribution in [0.3, 0.4) is 0 Å². The van der Waals surface area contributed by atoms with E-state index in [1.807, 2.05) is 44.2 Å². The Labute approximate surface area is 216 Å². The van der Waals surface area contributed by atoms with Gasteiger partial charge in [-0.3, -0.25) is 9.10 Å². The standard InChI is InChI=1S/C31H35N3OS/c1-7-30(27-13-12-22(2)23(3)20-27)32-24(4)33-31(35)26-14-16-29(17-15-26)36(5,6)34-19-18-25-10-8-9-11-28(25)21-34/h7-17,20H,5-6,18-19,21H2,1-4H3,(H,32,33,35)/b30-7-. The van der Waals surface area contributed by atoms with Crippen LogP contribution in [0.2, 0.25) is 0 Å². The molecule has 4 rings (SSSR count). The summed E-state index contributed by atoms with van der Waals surface area (Å²) in [5, 5.41) is 2.92. The molecule has 1 aliphatic heterocycles. The van der Waals surface area contributed by atoms with Gasteiger partial charge in [0, 0.05) is 29.1 Å². The molecule has 0 aromatic heterocycles. The smallest absolute Gasteiger partial charge is 0.256 e. The summed E-state index contributed by atoms with van der Waals surface area (Å²) in [6, 6.07) is 22.5. The van der Waals surface area contributed by atoms with Crippen LogP contribution in [0, 0.1) is 13.8 Å². The van der Waals surface area contributed by atoms with Crippen molar-refractivity contribution in [2.45, 2.75) is 45.6 Å². The van der Waals surface area contributed by atoms with E-state index in [1.54, 1.807) is 0 Å². The first kappa shape index (κ1) is 25.7. The molecule has 186 valence electrons. The van der Waals surface area contributed by atoms with Crippen molar-refractivity contribution in [3.8, 4) is 0 Å². The summed E-state index contributed by atoms with van der Waals surface area (Å²) >= 11 is 0. The zero-order chi connectivity index (χ0) is 25.9. The highest BCUT2D eigenvalue weighted by Gasteiger charge is 2.20. The molecule has 5 heteroatoms. The second-order valence-corrected chi connectivity index (χ2v) is 12.0. The Balaban J connectivity index is 1.45. The fourth-order valence-corrected chi connectivity index (χ4v) is 6.19. The molecule has 0 saturated carbocycles. The Hall–Kier alpha value is -3.41. The molecule has 0 bridgehead atoms. The first-order chi connectivity index (χ1) is 17.2. The van der Waals surface area contributed by atoms with Crippen LogP contribution in [0.15, 0.2) is 82.7 Å². The summed E-state index contributed by atoms with van der Waals surface area (Å²) in [6.07, 6.45) is 2.96. The number of allylic oxidation sites excluding steroid dienone is 1. The quantitative estimate of drug-likeness (QED) is 0.248. The van der Waals surface area contributed by atoms with Gasteiger partial charge in [0.25, 0.3) is 5.91 Å². The molecule has 1 N–H and O–H groups in total. The summed E-state index contributed by atoms with van der Waals surface area (Å²) < 4.78 is 2.38. The van der Waals surface area contributed by atoms with E-state index in [9.17, 15) is 4.79 Å². The van der Waals surface area contributed by atoms with E-state index in [-0.39, 0.29) is 5.91 Å². The number of carbonyl (C=O) groups excluding carboxylic acids is 1. The van der Waals surface area contributed by atoms with Crippen molar-refractivity contribution in [2.24, 2.45) is 4.99 Å². The zero-order valence-corrected chi connectivity index (χ0v) is 22.5. The lowest BCUT2D eigenvalue weighted by molar-refractivity contribution is 0.0977. The highest BCUT2D eigenvalue weighted by atomic mass is 32.2. The summed E-state index contributed by atoms with van der Waals surface area (Å²) in [4.78, 5) is 18.6. The van der Waals surface area contributed by atoms with Gasteiger partial charge >= 0.3 is 0 Å². The second kappa shape index (κ2) is 10.7. The Morgan fingerprint density at radius 2 is 1.64 bits per heavy atom. The van der Waals surface area contributed by atoms with E-state index in [0.717, 1.165) is 35.7 Å². The Morgan fingerprint density at radius 3 is 2.31 bits per heavy atom. The van der Waals surface area contributed by atoms with Gasteiger partial charge in [-0.2, -0.15) is 0 Å². The number of hydrogen-bond acceptors (Lipinski definition) is 3. The van der Waals surface area contributed by atoms with Gasteiger partial charge in [-0.25, -0.2) is 4.99 Å². The molecule has 0 spiro atoms. The number of aryl methyl sites for hydroxylation is 2. The molecule has 1 aliphatic rings. The lowest BCUT2D eigenvalue weighted by Gasteiger charge is -2.35. The molecule has 1 amide bonds. The van der Waals surface area contributed by atoms with Gasteiger partial charge in [0.2, 0.25) is 0 Å². The van der Waals surface area contributed by atoms with Gasteiger partial charge < -0.3 is 5.32 Å². The van der Waals surface area contributed by atoms with Crippen LogP contribution in [-0.4, -0.2) is 34.3 Å². The highest BCUT2D eigenvalue weighted by molar-refractivity contribution is 8.25. The van der Waals surface area contributed by atoms with Crippen molar-refractivity contribution < 1.29 is 4.79 Å². The first-order valence-electron chi connectivity index (χ1n) is 12.2. The van der Waals surface area contributed by atoms with Crippen LogP contribution in [0.4, 0.5) is 0 Å². The molecule has 0 saturated heterocycles. The first-order valence-corrected chi connectivity index (χ1v) is 14.1. The molecular formula is C31H35N3OS. The minimum atomic E-state index is -1.66. The fraction of sp³-hybridized carbons (Fsp3) is 0.226. The normalized spacial score (nSPS) is 14.9. The van der Waals surface area contributed by atoms with Crippen LogP contribution in [0.1, 0.15) is 52.0 Å². The Bertz CT molecular complexity index is 1450. The third kappa shape index (κ3) is 5.53. The number of nitrogens with one attached hydrogen (secondary N) is 1. The van der Waals surface area contributed by atoms with Crippen LogP contribution < -0.4 is 5.32 Å². The van der Waals surface area contributed by atoms with Crippen molar-refractivity contribution >= 4 is 38.6 Å². The van der Waals surface area contributed by atoms with Crippen molar-refractivity contribution in [3.05, 3.63) is 106 Å². The molecule has 0 fully saturated rings. The van der Waals surface area contributed by atoms with E-state index in [4.69, 9.17) is 0 Å². The monoisotopic (exact) mass is 497 g/mol. The number of nitrogens with zero attached hydrogens (tertiary/aromatic N) is 2. The van der Waals surface area contributed by atoms with E-state index in [0.29, 0.717) is 11.4 Å². The van der Waals surface area contributed by atoms with Gasteiger partial charge in [-0.05, 0) is 86.7 Å². The second-order valence-electron chi connectivity index (χ2n) is 9.37. The van der Waals surface area contributed by atoms with Crippen molar-refractivity contribution in [2.75, 3.05) is 6.54 Å². The number of benzene rings is 3. The maximum Gasteiger partial charge on any atom is 0.256 e. The number of rotatable bonds is 5. The molecule has 0 atom stereocenters. The van der Waals surface area contributed by atoms with Crippen molar-refractivity contribution in [1.29, 1.82) is 0 Å². The minimum absolute atomic E-state index is 0.182. The Kier molecular flexibility index (Phi) is 7.62. The average Bonchev–Trinajstić information content (AvgIpc) is 2.88. The van der Waals surface area contributed by atoms with Gasteiger partial charge in [0.1, 0.15) is 5.84 Å². The molecule has 3 aromatic carbocycles. The number of carbonyl (C=O) groups is 1. The fourth-order valence-electron chi connectivity index (χ4n) is 4.42. The largest absolute Gasteiger partial charge is 0.310 e. The SMILES string of the molecule is C=S(=C)(c1ccc(C(=O)NC(C)=N/C(=C\C)c2ccc(C)c(C)c2)cc1)N1CCc2ccccc2C1. The van der Waals surface area contributed by atoms with E-state index >= 15 is 0 Å². The van der Waals surface area contributed by atoms with Crippen LogP contribution in [-0.2, 0) is 13.0 Å². The molecule has 36 heavy (non-hydrogen) atoms. The van der Waals surface area contributed by atoms with Gasteiger partial charge in [-0.15, -0.1) is 9.39 Å². The van der Waals surface area contributed by atoms with Crippen LogP contribution in [0.25, 0.3) is 5.70 Å². The van der Waals surface area contributed by atoms with Crippen molar-refractivity contribution in [1.82, 2.24) is 9.62 Å². The summed E-state index contributed by atoms with van der Waals surface area (Å²) in [5.74, 6) is 9.40. The summed E-state index contributed by atoms with van der Waals surface area (Å²) in [7, 11) is -1.66. The molecule has 0 aliphatic carbocycles. The zero-order valence-electron chi connectivity index (χ0n) is 21.7. The molecule has 1 heterocycles. The van der Waals surface area contributed by atoms with E-state index < -0.39 is 9.39 Å². The van der Waals surface area contributed by atoms with Crippen molar-refractivity contribution in [3.63, 3.8) is 0 Å². The Morgan fingerprint density at radius 1 is 0.972 bits per heavy atom. The van der Waals surface area contributed by atoms with Gasteiger partial charge in [-0.1, -0.05) is 54.2 Å². The summed E-state index contributed by atoms with van der Waals surface area (Å²) in [5.41, 5.74) is 7.66. The number of amidine groups is 1. The molecular weight excluding hydrogens is 462 g/mol. The van der Waals surface area contributed by atoms with Crippen LogP contribution >= 0.6 is 9.39 Å². The third-order valence-electron chi connectivity index (χ3n) is 6.80. The van der Waals surface area contributed by atoms with E-state index in [2.05, 4.69) is 82.7 Å². The third-order valence-corrected chi connectivity index (χ3v) is 9.25. The molecule has 0 unspecified atom stereocenters. The van der Waals surface area contributed by atoms with Gasteiger partial charge in [0.05, 0.1) is 5.70 Å². The van der Waals surface area contributed by atoms with Crippen LogP contribution in [0.5, 0.6) is 0 Å². The predicted octanol–water partition coefficient (Wildman–Crippen LogP) is 6.51. The number of aliphatic imine (C=N–C) groups is 1. The highest BCUT2D eigenvalue weighted by Crippen LogP contribution is 2.39. The molecule has 0 radical (unpaired) electrons. The maximum absolute atomic E-state index is 12.9. The number of amides is 1. The lowest BCUT2D eigenvalue weighted by Crippen LogP contribution is -2.29.